The van der Waals surface area contributed by atoms with Crippen molar-refractivity contribution in [1.82, 2.24) is 24.9 Å². The van der Waals surface area contributed by atoms with Gasteiger partial charge in [0.1, 0.15) is 0 Å². The van der Waals surface area contributed by atoms with Crippen LogP contribution >= 0.6 is 0 Å². The number of rotatable bonds is 9. The van der Waals surface area contributed by atoms with Crippen LogP contribution in [0.15, 0.2) is 12.1 Å². The predicted octanol–water partition coefficient (Wildman–Crippen LogP) is 4.47. The van der Waals surface area contributed by atoms with E-state index in [4.69, 9.17) is 0 Å². The molecule has 4 rings (SSSR count). The minimum atomic E-state index is -4.53. The van der Waals surface area contributed by atoms with Gasteiger partial charge in [-0.1, -0.05) is 0 Å². The molecule has 0 aromatic carbocycles. The van der Waals surface area contributed by atoms with Crippen LogP contribution in [0.2, 0.25) is 0 Å². The molecule has 12 heteroatoms. The van der Waals surface area contributed by atoms with E-state index in [-0.39, 0.29) is 43.8 Å². The van der Waals surface area contributed by atoms with Gasteiger partial charge in [0, 0.05) is 49.3 Å². The maximum Gasteiger partial charge on any atom is 0.435 e. The maximum absolute atomic E-state index is 12.9. The summed E-state index contributed by atoms with van der Waals surface area (Å²) in [5, 5.41) is 9.94. The molecule has 0 bridgehead atoms. The van der Waals surface area contributed by atoms with Crippen molar-refractivity contribution in [3.8, 4) is 0 Å². The molecule has 2 aliphatic carbocycles. The fourth-order valence-electron chi connectivity index (χ4n) is 3.67. The summed E-state index contributed by atoms with van der Waals surface area (Å²) in [5.41, 5.74) is -0.802. The van der Waals surface area contributed by atoms with E-state index in [1.54, 1.807) is 0 Å². The zero-order valence-electron chi connectivity index (χ0n) is 17.1. The topological polar surface area (TPSA) is 64.7 Å². The molecule has 2 heterocycles. The third kappa shape index (κ3) is 5.44. The van der Waals surface area contributed by atoms with Crippen molar-refractivity contribution >= 4 is 5.91 Å². The van der Waals surface area contributed by atoms with Crippen molar-refractivity contribution in [2.75, 3.05) is 6.54 Å². The molecule has 0 spiro atoms. The highest BCUT2D eigenvalue weighted by atomic mass is 19.4. The normalized spacial score (nSPS) is 17.1. The third-order valence-electron chi connectivity index (χ3n) is 5.61. The highest BCUT2D eigenvalue weighted by Crippen LogP contribution is 2.43. The molecule has 2 fully saturated rings. The van der Waals surface area contributed by atoms with Gasteiger partial charge in [-0.15, -0.1) is 0 Å². The average Bonchev–Trinajstić information content (AvgIpc) is 3.63. The lowest BCUT2D eigenvalue weighted by Crippen LogP contribution is -2.27. The molecule has 32 heavy (non-hydrogen) atoms. The van der Waals surface area contributed by atoms with E-state index in [0.717, 1.165) is 37.8 Å². The van der Waals surface area contributed by atoms with Gasteiger partial charge in [0.25, 0.3) is 0 Å². The summed E-state index contributed by atoms with van der Waals surface area (Å²) in [7, 11) is 0. The summed E-state index contributed by atoms with van der Waals surface area (Å²) in [4.78, 5) is 12.1. The Morgan fingerprint density at radius 3 is 1.78 bits per heavy atom. The lowest BCUT2D eigenvalue weighted by Gasteiger charge is -2.09. The Bertz CT molecular complexity index is 968. The van der Waals surface area contributed by atoms with Crippen molar-refractivity contribution in [3.05, 3.63) is 34.9 Å². The first-order chi connectivity index (χ1) is 15.0. The highest BCUT2D eigenvalue weighted by molar-refractivity contribution is 5.75. The van der Waals surface area contributed by atoms with E-state index in [9.17, 15) is 31.1 Å². The molecule has 0 radical (unpaired) electrons. The molecule has 176 valence electrons. The van der Waals surface area contributed by atoms with Gasteiger partial charge in [-0.3, -0.25) is 14.2 Å². The van der Waals surface area contributed by atoms with Gasteiger partial charge >= 0.3 is 12.4 Å². The van der Waals surface area contributed by atoms with Crippen molar-refractivity contribution in [3.63, 3.8) is 0 Å². The zero-order chi connectivity index (χ0) is 23.1. The third-order valence-corrected chi connectivity index (χ3v) is 5.61. The predicted molar refractivity (Wildman–Crippen MR) is 101 cm³/mol. The number of nitrogens with one attached hydrogen (secondary N) is 1. The van der Waals surface area contributed by atoms with E-state index in [1.165, 1.54) is 9.36 Å². The monoisotopic (exact) mass is 463 g/mol. The molecule has 6 nitrogen and oxygen atoms in total. The van der Waals surface area contributed by atoms with Gasteiger partial charge in [0.05, 0.1) is 0 Å². The maximum atomic E-state index is 12.9. The summed E-state index contributed by atoms with van der Waals surface area (Å²) in [6, 6.07) is 2.14. The first-order valence-corrected chi connectivity index (χ1v) is 10.6. The number of alkyl halides is 6. The molecule has 1 amide bonds. The molecule has 1 N–H and O–H groups in total. The van der Waals surface area contributed by atoms with Crippen LogP contribution in [0, 0.1) is 0 Å². The summed E-state index contributed by atoms with van der Waals surface area (Å²) < 4.78 is 80.2. The van der Waals surface area contributed by atoms with Crippen LogP contribution in [0.25, 0.3) is 0 Å². The lowest BCUT2D eigenvalue weighted by molar-refractivity contribution is -0.142. The molecule has 2 aliphatic rings. The quantitative estimate of drug-likeness (QED) is 0.441. The first kappa shape index (κ1) is 22.7. The molecule has 2 saturated carbocycles. The minimum Gasteiger partial charge on any atom is -0.356 e. The highest BCUT2D eigenvalue weighted by Gasteiger charge is 2.38. The van der Waals surface area contributed by atoms with Crippen molar-refractivity contribution < 1.29 is 31.1 Å². The Kier molecular flexibility index (Phi) is 5.97. The Balaban J connectivity index is 1.25. The number of amides is 1. The van der Waals surface area contributed by atoms with Gasteiger partial charge in [-0.05, 0) is 44.2 Å². The van der Waals surface area contributed by atoms with Crippen LogP contribution in [0.4, 0.5) is 26.3 Å². The number of nitrogens with zero attached hydrogens (tertiary/aromatic N) is 4. The lowest BCUT2D eigenvalue weighted by atomic mass is 10.2. The van der Waals surface area contributed by atoms with E-state index in [0.29, 0.717) is 17.8 Å². The smallest absolute Gasteiger partial charge is 0.356 e. The van der Waals surface area contributed by atoms with E-state index in [1.807, 2.05) is 0 Å². The van der Waals surface area contributed by atoms with Crippen LogP contribution in [-0.4, -0.2) is 32.0 Å². The summed E-state index contributed by atoms with van der Waals surface area (Å²) in [5.74, 6) is -0.197. The second-order valence-corrected chi connectivity index (χ2v) is 8.35. The van der Waals surface area contributed by atoms with Gasteiger partial charge in [0.15, 0.2) is 11.4 Å². The second kappa shape index (κ2) is 8.43. The van der Waals surface area contributed by atoms with Crippen LogP contribution in [0.1, 0.15) is 73.1 Å². The van der Waals surface area contributed by atoms with Crippen LogP contribution in [-0.2, 0) is 30.2 Å². The number of hydrogen-bond donors (Lipinski definition) is 1. The van der Waals surface area contributed by atoms with E-state index in [2.05, 4.69) is 15.5 Å². The number of aromatic nitrogens is 4. The summed E-state index contributed by atoms with van der Waals surface area (Å²) in [6.45, 7) is 0.502. The zero-order valence-corrected chi connectivity index (χ0v) is 17.1. The molecule has 0 atom stereocenters. The standard InChI is InChI=1S/C20H23F6N5O/c21-19(22,23)16-10-14(12-2-3-12)30(28-16)8-1-7-27-18(32)6-9-31-15(13-4-5-13)11-17(29-31)20(24,25)26/h10-13H,1-9H2,(H,27,32). The number of halogens is 6. The van der Waals surface area contributed by atoms with Crippen LogP contribution < -0.4 is 5.32 Å². The van der Waals surface area contributed by atoms with Gasteiger partial charge in [-0.2, -0.15) is 36.5 Å². The number of hydrogen-bond acceptors (Lipinski definition) is 3. The minimum absolute atomic E-state index is 0.0354. The fraction of sp³-hybridized carbons (Fsp3) is 0.650. The fourth-order valence-corrected chi connectivity index (χ4v) is 3.67. The molecule has 2 aromatic heterocycles. The van der Waals surface area contributed by atoms with Crippen molar-refractivity contribution in [2.45, 2.75) is 75.8 Å². The van der Waals surface area contributed by atoms with E-state index >= 15 is 0 Å². The number of carbonyl (C=O) groups is 1. The molecule has 0 aliphatic heterocycles. The first-order valence-electron chi connectivity index (χ1n) is 10.6. The largest absolute Gasteiger partial charge is 0.435 e. The molecule has 0 unspecified atom stereocenters. The molecular formula is C20H23F6N5O. The van der Waals surface area contributed by atoms with Gasteiger partial charge < -0.3 is 5.32 Å². The number of carbonyl (C=O) groups excluding carboxylic acids is 1. The Labute approximate surface area is 180 Å². The van der Waals surface area contributed by atoms with E-state index < -0.39 is 23.7 Å². The van der Waals surface area contributed by atoms with Gasteiger partial charge in [-0.25, -0.2) is 0 Å². The van der Waals surface area contributed by atoms with Crippen molar-refractivity contribution in [1.29, 1.82) is 0 Å². The Hall–Kier alpha value is -2.53. The van der Waals surface area contributed by atoms with Crippen molar-refractivity contribution in [2.24, 2.45) is 0 Å². The summed E-state index contributed by atoms with van der Waals surface area (Å²) >= 11 is 0. The number of aryl methyl sites for hydroxylation is 2. The molecular weight excluding hydrogens is 440 g/mol. The average molecular weight is 463 g/mol. The molecule has 2 aromatic rings. The van der Waals surface area contributed by atoms with Crippen LogP contribution in [0.3, 0.4) is 0 Å². The van der Waals surface area contributed by atoms with Crippen LogP contribution in [0.5, 0.6) is 0 Å². The molecule has 0 saturated heterocycles. The second-order valence-electron chi connectivity index (χ2n) is 8.35. The summed E-state index contributed by atoms with van der Waals surface area (Å²) in [6.07, 6.45) is -5.39. The SMILES string of the molecule is O=C(CCn1nc(C(F)(F)F)cc1C1CC1)NCCCn1nc(C(F)(F)F)cc1C1CC1. The Morgan fingerprint density at radius 2 is 1.34 bits per heavy atom. The van der Waals surface area contributed by atoms with Gasteiger partial charge in [0.2, 0.25) is 5.91 Å². The Morgan fingerprint density at radius 1 is 0.875 bits per heavy atom.